The van der Waals surface area contributed by atoms with Crippen molar-refractivity contribution in [1.29, 1.82) is 0 Å². The number of ether oxygens (including phenoxy) is 1. The Hall–Kier alpha value is -2.15. The van der Waals surface area contributed by atoms with E-state index in [1.165, 1.54) is 4.90 Å². The van der Waals surface area contributed by atoms with Gasteiger partial charge in [0.25, 0.3) is 0 Å². The second-order valence-corrected chi connectivity index (χ2v) is 7.00. The summed E-state index contributed by atoms with van der Waals surface area (Å²) in [4.78, 5) is 12.6. The van der Waals surface area contributed by atoms with Gasteiger partial charge in [0.05, 0.1) is 10.9 Å². The molecule has 2 aromatic rings. The van der Waals surface area contributed by atoms with Crippen LogP contribution in [-0.2, 0) is 4.74 Å². The second-order valence-electron chi connectivity index (χ2n) is 7.00. The lowest BCUT2D eigenvalue weighted by Crippen LogP contribution is -2.26. The van der Waals surface area contributed by atoms with Gasteiger partial charge >= 0.3 is 6.09 Å². The summed E-state index contributed by atoms with van der Waals surface area (Å²) < 4.78 is 21.8. The number of hydrogen-bond acceptors (Lipinski definition) is 3. The molecule has 2 aliphatic heterocycles. The van der Waals surface area contributed by atoms with Crippen LogP contribution in [0.3, 0.4) is 0 Å². The van der Waals surface area contributed by atoms with Crippen LogP contribution >= 0.6 is 0 Å². The lowest BCUT2D eigenvalue weighted by atomic mass is 9.93. The summed E-state index contributed by atoms with van der Waals surface area (Å²) in [6.45, 7) is 3.64. The van der Waals surface area contributed by atoms with Gasteiger partial charge in [-0.3, -0.25) is 0 Å². The molecule has 3 heterocycles. The van der Waals surface area contributed by atoms with Crippen molar-refractivity contribution in [2.24, 2.45) is 0 Å². The summed E-state index contributed by atoms with van der Waals surface area (Å²) >= 11 is 0. The molecule has 0 aliphatic carbocycles. The van der Waals surface area contributed by atoms with Gasteiger partial charge in [-0.1, -0.05) is 0 Å². The molecule has 0 bridgehead atoms. The molecule has 2 saturated heterocycles. The monoisotopic (exact) mass is 347 g/mol. The number of rotatable bonds is 2. The van der Waals surface area contributed by atoms with Gasteiger partial charge in [0.15, 0.2) is 6.23 Å². The minimum atomic E-state index is -0.882. The molecule has 4 rings (SSSR count). The first-order valence-corrected chi connectivity index (χ1v) is 8.82. The molecule has 2 unspecified atom stereocenters. The van der Waals surface area contributed by atoms with E-state index >= 15 is 0 Å². The highest BCUT2D eigenvalue weighted by molar-refractivity contribution is 5.81. The van der Waals surface area contributed by atoms with E-state index in [0.717, 1.165) is 42.3 Å². The normalized spacial score (nSPS) is 24.2. The zero-order chi connectivity index (χ0) is 17.6. The summed E-state index contributed by atoms with van der Waals surface area (Å²) in [6.07, 6.45) is 2.58. The van der Waals surface area contributed by atoms with Crippen LogP contribution in [0.4, 0.5) is 9.18 Å². The maximum Gasteiger partial charge on any atom is 0.407 e. The van der Waals surface area contributed by atoms with E-state index in [4.69, 9.17) is 4.74 Å². The van der Waals surface area contributed by atoms with E-state index in [9.17, 15) is 14.3 Å². The average Bonchev–Trinajstić information content (AvgIpc) is 3.21. The summed E-state index contributed by atoms with van der Waals surface area (Å²) in [7, 11) is 0. The number of aromatic nitrogens is 2. The molecular formula is C18H22FN3O3. The lowest BCUT2D eigenvalue weighted by Gasteiger charge is -2.23. The predicted octanol–water partition coefficient (Wildman–Crippen LogP) is 3.65. The highest BCUT2D eigenvalue weighted by Gasteiger charge is 2.29. The van der Waals surface area contributed by atoms with Crippen LogP contribution in [0.1, 0.15) is 49.0 Å². The molecular weight excluding hydrogens is 325 g/mol. The fourth-order valence-corrected chi connectivity index (χ4v) is 4.03. The molecule has 6 nitrogen and oxygen atoms in total. The van der Waals surface area contributed by atoms with Crippen molar-refractivity contribution < 1.29 is 19.0 Å². The molecule has 2 atom stereocenters. The van der Waals surface area contributed by atoms with Gasteiger partial charge in [-0.05, 0) is 55.9 Å². The molecule has 2 fully saturated rings. The van der Waals surface area contributed by atoms with E-state index in [0.29, 0.717) is 25.1 Å². The van der Waals surface area contributed by atoms with Crippen molar-refractivity contribution in [2.75, 3.05) is 19.7 Å². The van der Waals surface area contributed by atoms with Crippen molar-refractivity contribution in [3.05, 3.63) is 29.2 Å². The minimum absolute atomic E-state index is 0.138. The van der Waals surface area contributed by atoms with Crippen molar-refractivity contribution in [2.45, 2.75) is 44.8 Å². The summed E-state index contributed by atoms with van der Waals surface area (Å²) in [6, 6.07) is 3.81. The van der Waals surface area contributed by atoms with Crippen LogP contribution in [-0.4, -0.2) is 45.6 Å². The van der Waals surface area contributed by atoms with Gasteiger partial charge in [0.1, 0.15) is 0 Å². The minimum Gasteiger partial charge on any atom is -0.465 e. The smallest absolute Gasteiger partial charge is 0.407 e. The van der Waals surface area contributed by atoms with Crippen LogP contribution < -0.4 is 0 Å². The zero-order valence-corrected chi connectivity index (χ0v) is 14.2. The predicted molar refractivity (Wildman–Crippen MR) is 90.2 cm³/mol. The SMILES string of the molecule is Cc1cc2c(F)nn(C3CCCCO3)c2cc1C1CCN(C(=O)O)C1. The van der Waals surface area contributed by atoms with Crippen molar-refractivity contribution >= 4 is 17.0 Å². The summed E-state index contributed by atoms with van der Waals surface area (Å²) in [5, 5.41) is 13.8. The Bertz CT molecular complexity index is 813. The number of amides is 1. The first-order chi connectivity index (χ1) is 12.0. The third kappa shape index (κ3) is 2.86. The number of halogens is 1. The second kappa shape index (κ2) is 6.29. The fraction of sp³-hybridized carbons (Fsp3) is 0.556. The third-order valence-electron chi connectivity index (χ3n) is 5.38. The van der Waals surface area contributed by atoms with E-state index in [1.54, 1.807) is 4.68 Å². The Balaban J connectivity index is 1.73. The van der Waals surface area contributed by atoms with Crippen molar-refractivity contribution in [1.82, 2.24) is 14.7 Å². The summed E-state index contributed by atoms with van der Waals surface area (Å²) in [5.74, 6) is -0.336. The first kappa shape index (κ1) is 16.3. The van der Waals surface area contributed by atoms with Crippen LogP contribution in [0.15, 0.2) is 12.1 Å². The Kier molecular flexibility index (Phi) is 4.11. The van der Waals surface area contributed by atoms with Gasteiger partial charge in [0, 0.05) is 25.6 Å². The van der Waals surface area contributed by atoms with E-state index in [1.807, 2.05) is 19.1 Å². The Morgan fingerprint density at radius 2 is 2.20 bits per heavy atom. The maximum absolute atomic E-state index is 14.3. The van der Waals surface area contributed by atoms with Crippen molar-refractivity contribution in [3.63, 3.8) is 0 Å². The molecule has 134 valence electrons. The van der Waals surface area contributed by atoms with Crippen LogP contribution in [0, 0.1) is 12.9 Å². The molecule has 1 aromatic carbocycles. The highest BCUT2D eigenvalue weighted by Crippen LogP contribution is 2.34. The Labute approximate surface area is 145 Å². The molecule has 7 heteroatoms. The number of fused-ring (bicyclic) bond motifs is 1. The van der Waals surface area contributed by atoms with Gasteiger partial charge in [-0.25, -0.2) is 9.48 Å². The molecule has 2 aliphatic rings. The number of likely N-dealkylation sites (tertiary alicyclic amines) is 1. The largest absolute Gasteiger partial charge is 0.465 e. The van der Waals surface area contributed by atoms with E-state index < -0.39 is 12.0 Å². The van der Waals surface area contributed by atoms with Gasteiger partial charge < -0.3 is 14.7 Å². The van der Waals surface area contributed by atoms with E-state index in [-0.39, 0.29) is 12.1 Å². The average molecular weight is 347 g/mol. The molecule has 1 aromatic heterocycles. The highest BCUT2D eigenvalue weighted by atomic mass is 19.1. The Morgan fingerprint density at radius 1 is 1.36 bits per heavy atom. The van der Waals surface area contributed by atoms with Gasteiger partial charge in [0.2, 0.25) is 5.95 Å². The number of benzene rings is 1. The molecule has 0 saturated carbocycles. The summed E-state index contributed by atoms with van der Waals surface area (Å²) in [5.41, 5.74) is 2.79. The molecule has 0 radical (unpaired) electrons. The maximum atomic E-state index is 14.3. The Morgan fingerprint density at radius 3 is 2.88 bits per heavy atom. The fourth-order valence-electron chi connectivity index (χ4n) is 4.03. The standard InChI is InChI=1S/C18H22FN3O3/c1-11-8-14-15(9-13(11)12-5-6-21(10-12)18(23)24)22(20-17(14)19)16-4-2-3-7-25-16/h8-9,12,16H,2-7,10H2,1H3,(H,23,24). The number of aryl methyl sites for hydroxylation is 1. The molecule has 1 N–H and O–H groups in total. The quantitative estimate of drug-likeness (QED) is 0.900. The molecule has 1 amide bonds. The third-order valence-corrected chi connectivity index (χ3v) is 5.38. The topological polar surface area (TPSA) is 67.6 Å². The zero-order valence-electron chi connectivity index (χ0n) is 14.2. The van der Waals surface area contributed by atoms with Crippen LogP contribution in [0.5, 0.6) is 0 Å². The number of carboxylic acid groups (broad SMARTS) is 1. The number of carbonyl (C=O) groups is 1. The molecule has 0 spiro atoms. The van der Waals surface area contributed by atoms with Crippen LogP contribution in [0.25, 0.3) is 10.9 Å². The van der Waals surface area contributed by atoms with Gasteiger partial charge in [-0.15, -0.1) is 5.10 Å². The molecule has 25 heavy (non-hydrogen) atoms. The van der Waals surface area contributed by atoms with E-state index in [2.05, 4.69) is 5.10 Å². The van der Waals surface area contributed by atoms with Crippen LogP contribution in [0.2, 0.25) is 0 Å². The first-order valence-electron chi connectivity index (χ1n) is 8.82. The van der Waals surface area contributed by atoms with Gasteiger partial charge in [-0.2, -0.15) is 4.39 Å². The lowest BCUT2D eigenvalue weighted by molar-refractivity contribution is -0.0375. The van der Waals surface area contributed by atoms with Crippen molar-refractivity contribution in [3.8, 4) is 0 Å². The number of hydrogen-bond donors (Lipinski definition) is 1. The number of nitrogens with zero attached hydrogens (tertiary/aromatic N) is 3.